The number of nitriles is 1. The zero-order chi connectivity index (χ0) is 59.8. The molecule has 2 aliphatic rings. The van der Waals surface area contributed by atoms with Crippen LogP contribution < -0.4 is 25.7 Å². The van der Waals surface area contributed by atoms with E-state index in [0.717, 1.165) is 16.7 Å². The van der Waals surface area contributed by atoms with E-state index in [2.05, 4.69) is 35.6 Å². The van der Waals surface area contributed by atoms with Gasteiger partial charge in [-0.25, -0.2) is 15.0 Å². The van der Waals surface area contributed by atoms with E-state index in [4.69, 9.17) is 58.8 Å². The van der Waals surface area contributed by atoms with Crippen LogP contribution in [0.1, 0.15) is 72.6 Å². The lowest BCUT2D eigenvalue weighted by atomic mass is 9.80. The Hall–Kier alpha value is -7.77. The average Bonchev–Trinajstić information content (AvgIpc) is 4.20. The highest BCUT2D eigenvalue weighted by Crippen LogP contribution is 2.48. The number of H-pyrrole nitrogens is 1. The number of carbonyl (C=O) groups is 2. The molecule has 6 heterocycles. The summed E-state index contributed by atoms with van der Waals surface area (Å²) in [6.07, 6.45) is -3.80. The maximum atomic E-state index is 13.3. The van der Waals surface area contributed by atoms with Gasteiger partial charge in [-0.3, -0.25) is 29.3 Å². The van der Waals surface area contributed by atoms with Crippen LogP contribution in [0.4, 0.5) is 11.8 Å². The molecule has 0 aliphatic carbocycles. The molecule has 0 bridgehead atoms. The number of nitrogens with one attached hydrogen (secondary N) is 3. The molecule has 10 rings (SSSR count). The Kier molecular flexibility index (Phi) is 18.9. The minimum absolute atomic E-state index is 0.0456. The minimum atomic E-state index is -4.39. The van der Waals surface area contributed by atoms with Gasteiger partial charge in [0, 0.05) is 35.1 Å². The third-order valence-corrected chi connectivity index (χ3v) is 15.7. The van der Waals surface area contributed by atoms with Crippen LogP contribution in [0.15, 0.2) is 139 Å². The molecular weight excluding hydrogens is 1160 g/mol. The van der Waals surface area contributed by atoms with E-state index in [9.17, 15) is 34.0 Å². The third kappa shape index (κ3) is 13.7. The van der Waals surface area contributed by atoms with Gasteiger partial charge in [0.05, 0.1) is 63.8 Å². The van der Waals surface area contributed by atoms with Crippen molar-refractivity contribution in [3.63, 3.8) is 0 Å². The molecule has 0 saturated carbocycles. The fourth-order valence-corrected chi connectivity index (χ4v) is 11.2. The monoisotopic (exact) mass is 1220 g/mol. The highest BCUT2D eigenvalue weighted by atomic mass is 32.5. The fraction of sp³-hybridized carbons (Fsp3) is 0.321. The van der Waals surface area contributed by atoms with Crippen LogP contribution in [0.2, 0.25) is 0 Å². The van der Waals surface area contributed by atoms with Crippen LogP contribution >= 0.6 is 15.0 Å². The predicted molar refractivity (Wildman–Crippen MR) is 307 cm³/mol. The van der Waals surface area contributed by atoms with Crippen molar-refractivity contribution < 1.29 is 71.0 Å². The molecular formula is C56H57N10O16P2S+. The van der Waals surface area contributed by atoms with Crippen molar-refractivity contribution in [3.05, 3.63) is 167 Å². The largest absolute Gasteiger partial charge is 0.695 e. The maximum Gasteiger partial charge on any atom is 0.695 e. The maximum absolute atomic E-state index is 13.3. The summed E-state index contributed by atoms with van der Waals surface area (Å²) in [5.74, 6) is 0.0809. The quantitative estimate of drug-likeness (QED) is 0.0119. The Morgan fingerprint density at radius 3 is 2.19 bits per heavy atom. The summed E-state index contributed by atoms with van der Waals surface area (Å²) in [5, 5.41) is 16.1. The predicted octanol–water partition coefficient (Wildman–Crippen LogP) is 7.85. The Bertz CT molecular complexity index is 3770. The molecule has 0 spiro atoms. The van der Waals surface area contributed by atoms with Gasteiger partial charge in [-0.1, -0.05) is 86.6 Å². The molecule has 2 fully saturated rings. The Balaban J connectivity index is 0.904. The Morgan fingerprint density at radius 2 is 1.54 bits per heavy atom. The number of imidazole rings is 1. The second kappa shape index (κ2) is 26.7. The smallest absolute Gasteiger partial charge is 0.497 e. The molecule has 2 saturated heterocycles. The lowest BCUT2D eigenvalue weighted by Gasteiger charge is -2.37. The minimum Gasteiger partial charge on any atom is -0.497 e. The summed E-state index contributed by atoms with van der Waals surface area (Å²) >= 11 is 5.36. The number of hydrogen-bond acceptors (Lipinski definition) is 20. The number of methoxy groups -OCH3 is 2. The topological polar surface area (TPSA) is 326 Å². The summed E-state index contributed by atoms with van der Waals surface area (Å²) < 4.78 is 69.5. The highest BCUT2D eigenvalue weighted by Gasteiger charge is 2.46. The van der Waals surface area contributed by atoms with Gasteiger partial charge < -0.3 is 47.7 Å². The zero-order valence-corrected chi connectivity index (χ0v) is 48.5. The van der Waals surface area contributed by atoms with E-state index in [0.29, 0.717) is 28.1 Å². The third-order valence-electron chi connectivity index (χ3n) is 14.0. The number of amides is 2. The molecule has 26 nitrogen and oxygen atoms in total. The highest BCUT2D eigenvalue weighted by molar-refractivity contribution is 8.07. The van der Waals surface area contributed by atoms with Crippen molar-refractivity contribution in [1.29, 1.82) is 5.26 Å². The number of rotatable bonds is 25. The number of aromatic amines is 1. The number of benzene rings is 4. The summed E-state index contributed by atoms with van der Waals surface area (Å²) in [6.45, 7) is -1.72. The van der Waals surface area contributed by atoms with Crippen LogP contribution in [0.25, 0.3) is 22.2 Å². The van der Waals surface area contributed by atoms with Gasteiger partial charge in [-0.2, -0.15) is 15.1 Å². The van der Waals surface area contributed by atoms with Gasteiger partial charge >= 0.3 is 15.0 Å². The van der Waals surface area contributed by atoms with Crippen molar-refractivity contribution in [2.24, 2.45) is 5.92 Å². The molecule has 3 unspecified atom stereocenters. The Labute approximate surface area is 491 Å². The normalized spacial score (nSPS) is 20.0. The van der Waals surface area contributed by atoms with Crippen LogP contribution in [0.3, 0.4) is 0 Å². The molecule has 0 radical (unpaired) electrons. The van der Waals surface area contributed by atoms with E-state index in [-0.39, 0.29) is 48.3 Å². The van der Waals surface area contributed by atoms with Gasteiger partial charge in [-0.15, -0.1) is 14.1 Å². The van der Waals surface area contributed by atoms with E-state index in [1.165, 1.54) is 17.2 Å². The average molecular weight is 1220 g/mol. The number of hydrogen-bond donors (Lipinski definition) is 5. The molecule has 8 aromatic rings. The molecule has 9 atom stereocenters. The first-order valence-corrected chi connectivity index (χ1v) is 30.2. The van der Waals surface area contributed by atoms with Crippen molar-refractivity contribution >= 4 is 72.6 Å². The van der Waals surface area contributed by atoms with Gasteiger partial charge in [0.25, 0.3) is 11.5 Å². The first-order chi connectivity index (χ1) is 41.1. The van der Waals surface area contributed by atoms with Crippen molar-refractivity contribution in [2.75, 3.05) is 38.1 Å². The summed E-state index contributed by atoms with van der Waals surface area (Å²) in [5.41, 5.74) is 0.915. The molecule has 4 aromatic heterocycles. The number of nitrogens with zero attached hydrogens (tertiary/aromatic N) is 7. The van der Waals surface area contributed by atoms with E-state index in [1.54, 1.807) is 69.2 Å². The number of anilines is 2. The molecule has 2 amide bonds. The number of carbonyl (C=O) groups excluding carboxylic acids is 2. The second-order valence-electron chi connectivity index (χ2n) is 19.7. The second-order valence-corrected chi connectivity index (χ2v) is 23.1. The molecule has 442 valence electrons. The van der Waals surface area contributed by atoms with Gasteiger partial charge in [0.1, 0.15) is 47.2 Å². The molecule has 5 N–H and O–H groups in total. The summed E-state index contributed by atoms with van der Waals surface area (Å²) in [6, 6.07) is 37.0. The molecule has 2 aliphatic heterocycles. The number of aromatic nitrogens is 7. The van der Waals surface area contributed by atoms with Crippen LogP contribution in [0, 0.1) is 17.2 Å². The Morgan fingerprint density at radius 1 is 0.871 bits per heavy atom. The van der Waals surface area contributed by atoms with Crippen molar-refractivity contribution in [1.82, 2.24) is 34.1 Å². The number of ether oxygens (including phenoxy) is 6. The van der Waals surface area contributed by atoms with E-state index >= 15 is 0 Å². The van der Waals surface area contributed by atoms with Crippen LogP contribution in [-0.4, -0.2) is 114 Å². The molecule has 29 heteroatoms. The van der Waals surface area contributed by atoms with Gasteiger partial charge in [0.15, 0.2) is 23.5 Å². The lowest BCUT2D eigenvalue weighted by molar-refractivity contribution is -0.335. The van der Waals surface area contributed by atoms with Crippen LogP contribution in [-0.2, 0) is 64.3 Å². The lowest BCUT2D eigenvalue weighted by Crippen LogP contribution is -2.39. The molecule has 4 aromatic carbocycles. The first kappa shape index (κ1) is 60.4. The zero-order valence-electron chi connectivity index (χ0n) is 45.9. The van der Waals surface area contributed by atoms with Gasteiger partial charge in [-0.05, 0) is 71.0 Å². The summed E-state index contributed by atoms with van der Waals surface area (Å²) in [4.78, 5) is 85.5. The van der Waals surface area contributed by atoms with Crippen molar-refractivity contribution in [2.45, 2.75) is 81.9 Å². The standard InChI is InChI=1S/C56H56N10O16P2S/c1-33(2)51(67)63-55-62-50-47(53(69)64-55)60-32-66(50)54-43(81-83(70)71)27-40(77-54)29-76-84(72,85)82-80-46(23-25-57)79-42-28-45(65-26-24-41-48(58-31-59-49(41)65)61-52(68)34-11-7-5-8-12-34)78-44(42)30-75-56(35-13-9-6-10-14-35,36-15-19-38(73-3)20-16-36)37-17-21-39(74-4)22-18-37/h5-22,24,26,31-33,40,42-46,54H,23,27-30H2,1-4H3,(H4-,58,59,61,62,63,64,67,68,69,70,71,72,85)/p+1/t40-,42-,43+,44+,45+,46?,54+,84?/m0/s1. The fourth-order valence-electron chi connectivity index (χ4n) is 9.90. The van der Waals surface area contributed by atoms with Crippen molar-refractivity contribution in [3.8, 4) is 17.6 Å². The molecule has 85 heavy (non-hydrogen) atoms. The van der Waals surface area contributed by atoms with E-state index < -0.39 is 94.1 Å². The van der Waals surface area contributed by atoms with E-state index in [1.807, 2.05) is 91.0 Å². The SMILES string of the molecule is COc1ccc(C(OC[C@H]2O[C@@H](n3ccc4c(NC(=O)c5ccccc5)ncnc43)C[C@@H]2OC(CC#N)OOP(O)(=S)OC[C@@H]2C[C@@H](O[P+](=O)O)[C@H](n3cnc4c(=O)[nH]c(NC(=O)C(C)C)nc43)O2)(c2ccccc2)c2ccc(OC)cc2)cc1. The first-order valence-electron chi connectivity index (χ1n) is 26.5. The van der Waals surface area contributed by atoms with Gasteiger partial charge in [0.2, 0.25) is 18.1 Å². The van der Waals surface area contributed by atoms with Crippen LogP contribution in [0.5, 0.6) is 11.5 Å². The summed E-state index contributed by atoms with van der Waals surface area (Å²) in [7, 11) is -0.0309. The number of fused-ring (bicyclic) bond motifs is 2.